The third kappa shape index (κ3) is 8.64. The van der Waals surface area contributed by atoms with Crippen LogP contribution in [0.25, 0.3) is 21.8 Å². The zero-order valence-corrected chi connectivity index (χ0v) is 36.1. The molecule has 0 saturated carbocycles. The van der Waals surface area contributed by atoms with Crippen molar-refractivity contribution in [1.29, 1.82) is 0 Å². The first-order valence-corrected chi connectivity index (χ1v) is 19.1. The van der Waals surface area contributed by atoms with Gasteiger partial charge in [0.1, 0.15) is 0 Å². The Morgan fingerprint density at radius 3 is 1.20 bits per heavy atom. The van der Waals surface area contributed by atoms with Crippen molar-refractivity contribution in [2.45, 2.75) is 25.9 Å². The predicted molar refractivity (Wildman–Crippen MR) is 226 cm³/mol. The molecule has 4 nitrogen and oxygen atoms in total. The molecule has 6 aromatic carbocycles. The van der Waals surface area contributed by atoms with Gasteiger partial charge in [0.05, 0.1) is 22.1 Å². The molecule has 0 radical (unpaired) electrons. The van der Waals surface area contributed by atoms with Crippen molar-refractivity contribution in [3.8, 4) is 0 Å². The summed E-state index contributed by atoms with van der Waals surface area (Å²) in [4.78, 5) is 4.43. The number of halogens is 4. The summed E-state index contributed by atoms with van der Waals surface area (Å²) in [5.41, 5.74) is 12.0. The molecule has 0 N–H and O–H groups in total. The van der Waals surface area contributed by atoms with Gasteiger partial charge in [-0.25, -0.2) is 0 Å². The number of hydrogen-bond acceptors (Lipinski definition) is 2. The SMILES string of the molecule is CC(c1ccc(C[n+]2ccc(N(C)c3ccc(Cl)cc3)c3ccccc32)cc1)c1ccc(C[n+]2ccc(N(C)c3ccc(Cl)cc3)c3ccccc32)cc1.[Br-].[Br-]. The normalized spacial score (nSPS) is 11.0. The van der Waals surface area contributed by atoms with Crippen molar-refractivity contribution >= 4 is 67.8 Å². The summed E-state index contributed by atoms with van der Waals surface area (Å²) >= 11 is 12.3. The average Bonchev–Trinajstić information content (AvgIpc) is 3.21. The van der Waals surface area contributed by atoms with Crippen LogP contribution in [0.2, 0.25) is 10.0 Å². The van der Waals surface area contributed by atoms with Crippen molar-refractivity contribution < 1.29 is 43.1 Å². The summed E-state index contributed by atoms with van der Waals surface area (Å²) in [6, 6.07) is 55.8. The van der Waals surface area contributed by atoms with Gasteiger partial charge in [-0.1, -0.05) is 103 Å². The summed E-state index contributed by atoms with van der Waals surface area (Å²) in [7, 11) is 4.21. The number of rotatable bonds is 10. The van der Waals surface area contributed by atoms with E-state index in [1.807, 2.05) is 24.3 Å². The van der Waals surface area contributed by atoms with Crippen LogP contribution in [0.4, 0.5) is 22.7 Å². The fourth-order valence-electron chi connectivity index (χ4n) is 7.42. The van der Waals surface area contributed by atoms with E-state index < -0.39 is 0 Å². The van der Waals surface area contributed by atoms with Gasteiger partial charge in [-0.05, 0) is 71.8 Å². The lowest BCUT2D eigenvalue weighted by Crippen LogP contribution is -3.00. The van der Waals surface area contributed by atoms with Gasteiger partial charge in [-0.2, -0.15) is 9.13 Å². The molecule has 56 heavy (non-hydrogen) atoms. The minimum Gasteiger partial charge on any atom is -1.00 e. The summed E-state index contributed by atoms with van der Waals surface area (Å²) in [5, 5.41) is 3.89. The number of hydrogen-bond donors (Lipinski definition) is 0. The van der Waals surface area contributed by atoms with Gasteiger partial charge in [0.25, 0.3) is 0 Å². The summed E-state index contributed by atoms with van der Waals surface area (Å²) in [6.45, 7) is 3.87. The average molecular weight is 906 g/mol. The number of benzene rings is 6. The van der Waals surface area contributed by atoms with E-state index in [4.69, 9.17) is 23.2 Å². The molecule has 282 valence electrons. The van der Waals surface area contributed by atoms with Crippen LogP contribution in [0.5, 0.6) is 0 Å². The summed E-state index contributed by atoms with van der Waals surface area (Å²) in [6.07, 6.45) is 4.38. The third-order valence-corrected chi connectivity index (χ3v) is 11.1. The Bertz CT molecular complexity index is 2380. The van der Waals surface area contributed by atoms with Gasteiger partial charge >= 0.3 is 0 Å². The van der Waals surface area contributed by atoms with Gasteiger partial charge in [-0.15, -0.1) is 0 Å². The molecule has 0 unspecified atom stereocenters. The van der Waals surface area contributed by atoms with Gasteiger partial charge in [0.15, 0.2) is 25.5 Å². The number of aromatic nitrogens is 2. The van der Waals surface area contributed by atoms with E-state index in [0.29, 0.717) is 0 Å². The highest BCUT2D eigenvalue weighted by Crippen LogP contribution is 2.32. The molecular weight excluding hydrogens is 863 g/mol. The molecule has 0 amide bonds. The first-order valence-electron chi connectivity index (χ1n) is 18.3. The maximum atomic E-state index is 6.16. The Morgan fingerprint density at radius 1 is 0.464 bits per heavy atom. The lowest BCUT2D eigenvalue weighted by atomic mass is 9.92. The van der Waals surface area contributed by atoms with Crippen LogP contribution in [0.1, 0.15) is 35.1 Å². The number of anilines is 4. The standard InChI is InChI=1S/C48H42Cl2N4.2BrH/c1-34(37-16-12-35(13-17-37)32-53-30-28-45(43-8-4-6-10-47(43)53)51(2)41-24-20-39(49)21-25-41)38-18-14-36(15-19-38)33-54-31-29-46(44-9-5-7-11-48(44)54)52(3)42-26-22-40(50)23-27-42;;/h4-31,34H,32-33H2,1-3H3;2*1H/q+2;;/p-2. The van der Waals surface area contributed by atoms with Crippen LogP contribution in [0, 0.1) is 0 Å². The lowest BCUT2D eigenvalue weighted by molar-refractivity contribution is -0.662. The van der Waals surface area contributed by atoms with E-state index in [9.17, 15) is 0 Å². The maximum Gasteiger partial charge on any atom is 0.214 e. The number of nitrogens with zero attached hydrogens (tertiary/aromatic N) is 4. The summed E-state index contributed by atoms with van der Waals surface area (Å²) < 4.78 is 4.66. The van der Waals surface area contributed by atoms with E-state index >= 15 is 0 Å². The molecule has 8 aromatic rings. The van der Waals surface area contributed by atoms with E-state index in [0.717, 1.165) is 45.9 Å². The van der Waals surface area contributed by atoms with Crippen molar-refractivity contribution in [3.05, 3.63) is 202 Å². The zero-order valence-electron chi connectivity index (χ0n) is 31.5. The Hall–Kier alpha value is -4.72. The van der Waals surface area contributed by atoms with Gasteiger partial charge in [0, 0.05) is 76.8 Å². The van der Waals surface area contributed by atoms with Crippen molar-refractivity contribution in [3.63, 3.8) is 0 Å². The Morgan fingerprint density at radius 2 is 0.821 bits per heavy atom. The molecular formula is C48H42Br2Cl2N4. The second kappa shape index (κ2) is 18.0. The molecule has 0 fully saturated rings. The van der Waals surface area contributed by atoms with E-state index in [-0.39, 0.29) is 39.9 Å². The highest BCUT2D eigenvalue weighted by atomic mass is 79.9. The first kappa shape index (κ1) is 40.9. The molecule has 0 atom stereocenters. The number of fused-ring (bicyclic) bond motifs is 2. The smallest absolute Gasteiger partial charge is 0.214 e. The van der Waals surface area contributed by atoms with E-state index in [2.05, 4.69) is 186 Å². The number of para-hydroxylation sites is 2. The predicted octanol–water partition coefficient (Wildman–Crippen LogP) is 5.67. The quantitative estimate of drug-likeness (QED) is 0.165. The highest BCUT2D eigenvalue weighted by molar-refractivity contribution is 6.31. The van der Waals surface area contributed by atoms with Gasteiger partial charge in [-0.3, -0.25) is 0 Å². The maximum absolute atomic E-state index is 6.16. The van der Waals surface area contributed by atoms with Gasteiger partial charge in [0.2, 0.25) is 11.0 Å². The highest BCUT2D eigenvalue weighted by Gasteiger charge is 2.19. The molecule has 8 rings (SSSR count). The number of pyridine rings is 2. The minimum absolute atomic E-state index is 0. The monoisotopic (exact) mass is 902 g/mol. The van der Waals surface area contributed by atoms with Crippen molar-refractivity contribution in [1.82, 2.24) is 0 Å². The largest absolute Gasteiger partial charge is 1.00 e. The Balaban J connectivity index is 0.00000266. The first-order chi connectivity index (χ1) is 26.3. The van der Waals surface area contributed by atoms with E-state index in [1.165, 1.54) is 44.1 Å². The topological polar surface area (TPSA) is 14.2 Å². The Labute approximate surface area is 360 Å². The second-order valence-corrected chi connectivity index (χ2v) is 14.8. The van der Waals surface area contributed by atoms with Crippen LogP contribution in [-0.2, 0) is 13.1 Å². The van der Waals surface area contributed by atoms with Crippen molar-refractivity contribution in [2.75, 3.05) is 23.9 Å². The molecule has 0 spiro atoms. The van der Waals surface area contributed by atoms with Crippen LogP contribution in [-0.4, -0.2) is 14.1 Å². The zero-order chi connectivity index (χ0) is 37.2. The molecule has 2 heterocycles. The molecule has 0 aliphatic heterocycles. The van der Waals surface area contributed by atoms with Crippen LogP contribution in [0.15, 0.2) is 170 Å². The summed E-state index contributed by atoms with van der Waals surface area (Å²) in [5.74, 6) is 0.278. The third-order valence-electron chi connectivity index (χ3n) is 10.6. The van der Waals surface area contributed by atoms with Crippen LogP contribution < -0.4 is 52.9 Å². The molecule has 8 heteroatoms. The van der Waals surface area contributed by atoms with Crippen LogP contribution in [0.3, 0.4) is 0 Å². The fourth-order valence-corrected chi connectivity index (χ4v) is 7.67. The van der Waals surface area contributed by atoms with Crippen molar-refractivity contribution in [2.24, 2.45) is 0 Å². The molecule has 0 saturated heterocycles. The van der Waals surface area contributed by atoms with Crippen LogP contribution >= 0.6 is 23.2 Å². The fraction of sp³-hybridized carbons (Fsp3) is 0.125. The molecule has 0 bridgehead atoms. The minimum atomic E-state index is 0. The lowest BCUT2D eigenvalue weighted by Gasteiger charge is -2.21. The second-order valence-electron chi connectivity index (χ2n) is 14.0. The molecule has 2 aromatic heterocycles. The Kier molecular flexibility index (Phi) is 13.2. The van der Waals surface area contributed by atoms with Gasteiger partial charge < -0.3 is 43.8 Å². The molecule has 0 aliphatic carbocycles. The van der Waals surface area contributed by atoms with E-state index in [1.54, 1.807) is 0 Å². The molecule has 0 aliphatic rings.